The van der Waals surface area contributed by atoms with Gasteiger partial charge in [0, 0.05) is 12.8 Å². The Hall–Kier alpha value is -1.36. The lowest BCUT2D eigenvalue weighted by molar-refractivity contribution is -0.152. The number of hydrogen-bond acceptors (Lipinski definition) is 4. The summed E-state index contributed by atoms with van der Waals surface area (Å²) in [6, 6.07) is 0. The molecule has 0 spiro atoms. The van der Waals surface area contributed by atoms with E-state index in [1.807, 2.05) is 0 Å². The highest BCUT2D eigenvalue weighted by Gasteiger charge is 2.58. The predicted molar refractivity (Wildman–Crippen MR) is 115 cm³/mol. The summed E-state index contributed by atoms with van der Waals surface area (Å²) in [5.41, 5.74) is 4.77. The van der Waals surface area contributed by atoms with Gasteiger partial charge in [0.2, 0.25) is 5.91 Å². The highest BCUT2D eigenvalue weighted by molar-refractivity contribution is 5.77. The Labute approximate surface area is 181 Å². The second-order valence-corrected chi connectivity index (χ2v) is 10.9. The number of hydrogen-bond donors (Lipinski definition) is 1. The molecule has 8 atom stereocenters. The monoisotopic (exact) mass is 417 g/mol. The molecule has 0 saturated heterocycles. The van der Waals surface area contributed by atoms with Crippen molar-refractivity contribution < 1.29 is 19.2 Å². The van der Waals surface area contributed by atoms with Crippen LogP contribution in [0.2, 0.25) is 0 Å². The van der Waals surface area contributed by atoms with Gasteiger partial charge in [-0.05, 0) is 85.9 Å². The first-order chi connectivity index (χ1) is 14.2. The third kappa shape index (κ3) is 3.41. The van der Waals surface area contributed by atoms with Crippen molar-refractivity contribution in [3.05, 3.63) is 11.6 Å². The van der Waals surface area contributed by atoms with Crippen LogP contribution in [0.3, 0.4) is 0 Å². The van der Waals surface area contributed by atoms with Gasteiger partial charge in [0.15, 0.2) is 0 Å². The third-order valence-corrected chi connectivity index (χ3v) is 9.66. The number of hydroxylamine groups is 1. The van der Waals surface area contributed by atoms with Gasteiger partial charge in [-0.1, -0.05) is 32.4 Å². The topological polar surface area (TPSA) is 64.6 Å². The maximum absolute atomic E-state index is 12.5. The fraction of sp³-hybridized carbons (Fsp3) is 0.840. The molecule has 3 fully saturated rings. The molecule has 3 saturated carbocycles. The molecule has 168 valence electrons. The number of ether oxygens (including phenoxy) is 1. The van der Waals surface area contributed by atoms with Gasteiger partial charge in [-0.3, -0.25) is 14.4 Å². The predicted octanol–water partition coefficient (Wildman–Crippen LogP) is 4.81. The van der Waals surface area contributed by atoms with E-state index < -0.39 is 0 Å². The molecule has 5 heteroatoms. The Morgan fingerprint density at radius 2 is 1.80 bits per heavy atom. The Morgan fingerprint density at radius 1 is 1.10 bits per heavy atom. The number of allylic oxidation sites excluding steroid dienone is 2. The number of rotatable bonds is 4. The lowest BCUT2D eigenvalue weighted by Crippen LogP contribution is -2.50. The Bertz CT molecular complexity index is 733. The van der Waals surface area contributed by atoms with Crippen LogP contribution >= 0.6 is 0 Å². The van der Waals surface area contributed by atoms with E-state index in [0.717, 1.165) is 32.1 Å². The van der Waals surface area contributed by atoms with Gasteiger partial charge in [-0.2, -0.15) is 0 Å². The van der Waals surface area contributed by atoms with E-state index in [-0.39, 0.29) is 29.3 Å². The van der Waals surface area contributed by atoms with Crippen molar-refractivity contribution in [2.24, 2.45) is 40.4 Å². The van der Waals surface area contributed by atoms with Crippen LogP contribution in [0, 0.1) is 40.4 Å². The normalized spacial score (nSPS) is 43.5. The van der Waals surface area contributed by atoms with Crippen LogP contribution in [-0.2, 0) is 19.2 Å². The van der Waals surface area contributed by atoms with Crippen LogP contribution < -0.4 is 5.48 Å². The largest absolute Gasteiger partial charge is 0.463 e. The zero-order valence-corrected chi connectivity index (χ0v) is 19.3. The molecule has 4 aliphatic rings. The highest BCUT2D eigenvalue weighted by atomic mass is 16.6. The van der Waals surface area contributed by atoms with Crippen LogP contribution in [0.15, 0.2) is 11.6 Å². The molecule has 30 heavy (non-hydrogen) atoms. The van der Waals surface area contributed by atoms with Gasteiger partial charge in [0.1, 0.15) is 6.10 Å². The van der Waals surface area contributed by atoms with E-state index in [1.165, 1.54) is 33.3 Å². The summed E-state index contributed by atoms with van der Waals surface area (Å²) in [6.07, 6.45) is 11.7. The fourth-order valence-corrected chi connectivity index (χ4v) is 8.05. The molecule has 1 amide bonds. The summed E-state index contributed by atoms with van der Waals surface area (Å²) in [5.74, 6) is 2.11. The molecule has 4 aliphatic carbocycles. The average molecular weight is 418 g/mol. The van der Waals surface area contributed by atoms with Gasteiger partial charge < -0.3 is 4.74 Å². The number of fused-ring (bicyclic) bond motifs is 5. The average Bonchev–Trinajstić information content (AvgIpc) is 3.04. The van der Waals surface area contributed by atoms with Gasteiger partial charge in [0.05, 0.1) is 7.11 Å². The fourth-order valence-electron chi connectivity index (χ4n) is 8.05. The first kappa shape index (κ1) is 21.9. The Kier molecular flexibility index (Phi) is 5.80. The van der Waals surface area contributed by atoms with Crippen molar-refractivity contribution in [2.75, 3.05) is 7.11 Å². The molecule has 0 aliphatic heterocycles. The third-order valence-electron chi connectivity index (χ3n) is 9.66. The molecular weight excluding hydrogens is 378 g/mol. The summed E-state index contributed by atoms with van der Waals surface area (Å²) in [7, 11) is 1.51. The summed E-state index contributed by atoms with van der Waals surface area (Å²) >= 11 is 0. The maximum Gasteiger partial charge on any atom is 0.302 e. The van der Waals surface area contributed by atoms with E-state index in [2.05, 4.69) is 32.3 Å². The zero-order chi connectivity index (χ0) is 21.7. The molecule has 0 aromatic heterocycles. The summed E-state index contributed by atoms with van der Waals surface area (Å²) in [6.45, 7) is 8.54. The second kappa shape index (κ2) is 7.96. The van der Waals surface area contributed by atoms with Gasteiger partial charge in [-0.15, -0.1) is 0 Å². The van der Waals surface area contributed by atoms with Crippen molar-refractivity contribution in [2.45, 2.75) is 85.2 Å². The van der Waals surface area contributed by atoms with Crippen LogP contribution in [-0.4, -0.2) is 25.1 Å². The molecule has 1 N–H and O–H groups in total. The minimum Gasteiger partial charge on any atom is -0.463 e. The molecule has 0 aromatic carbocycles. The van der Waals surface area contributed by atoms with Gasteiger partial charge in [0.25, 0.3) is 0 Å². The molecule has 4 unspecified atom stereocenters. The van der Waals surface area contributed by atoms with E-state index in [4.69, 9.17) is 9.57 Å². The number of amides is 1. The summed E-state index contributed by atoms with van der Waals surface area (Å²) in [4.78, 5) is 28.8. The minimum absolute atomic E-state index is 0.0138. The second-order valence-electron chi connectivity index (χ2n) is 10.9. The smallest absolute Gasteiger partial charge is 0.302 e. The summed E-state index contributed by atoms with van der Waals surface area (Å²) in [5, 5.41) is 0. The van der Waals surface area contributed by atoms with Crippen molar-refractivity contribution >= 4 is 11.9 Å². The Balaban J connectivity index is 1.54. The minimum atomic E-state index is -0.146. The number of carbonyl (C=O) groups is 2. The summed E-state index contributed by atoms with van der Waals surface area (Å²) < 4.78 is 5.58. The van der Waals surface area contributed by atoms with E-state index in [1.54, 1.807) is 5.57 Å². The zero-order valence-electron chi connectivity index (χ0n) is 19.3. The Morgan fingerprint density at radius 3 is 2.50 bits per heavy atom. The number of esters is 1. The molecule has 5 nitrogen and oxygen atoms in total. The standard InChI is InChI=1S/C25H39NO4/c1-15(23(28)26-29-5)20-8-9-21-19-7-6-17-14-18(30-16(2)27)10-12-24(17,3)22(19)11-13-25(20,21)4/h7,15,17-18,20-22H,6,8-14H2,1-5H3,(H,26,28)/t15-,17?,18-,20?,21?,22?,24-,25+/m0/s1. The molecule has 0 aromatic rings. The van der Waals surface area contributed by atoms with Crippen molar-refractivity contribution in [3.8, 4) is 0 Å². The van der Waals surface area contributed by atoms with E-state index in [0.29, 0.717) is 29.1 Å². The molecule has 4 rings (SSSR count). The number of carbonyl (C=O) groups excluding carboxylic acids is 2. The molecule has 0 heterocycles. The SMILES string of the molecule is CONC(=O)[C@@H](C)C1CCC2C3=CCC4C[C@@H](OC(C)=O)CC[C@]4(C)C3CC[C@@]21C. The van der Waals surface area contributed by atoms with E-state index in [9.17, 15) is 9.59 Å². The first-order valence-corrected chi connectivity index (χ1v) is 11.9. The van der Waals surface area contributed by atoms with Gasteiger partial charge in [-0.25, -0.2) is 5.48 Å². The van der Waals surface area contributed by atoms with Crippen LogP contribution in [0.1, 0.15) is 79.1 Å². The molecular formula is C25H39NO4. The van der Waals surface area contributed by atoms with E-state index >= 15 is 0 Å². The molecule has 0 radical (unpaired) electrons. The van der Waals surface area contributed by atoms with Gasteiger partial charge >= 0.3 is 5.97 Å². The van der Waals surface area contributed by atoms with Crippen molar-refractivity contribution in [1.29, 1.82) is 0 Å². The van der Waals surface area contributed by atoms with Crippen molar-refractivity contribution in [1.82, 2.24) is 5.48 Å². The van der Waals surface area contributed by atoms with Crippen LogP contribution in [0.25, 0.3) is 0 Å². The maximum atomic E-state index is 12.5. The highest BCUT2D eigenvalue weighted by Crippen LogP contribution is 2.66. The molecule has 0 bridgehead atoms. The lowest BCUT2D eigenvalue weighted by Gasteiger charge is -2.57. The van der Waals surface area contributed by atoms with Crippen molar-refractivity contribution in [3.63, 3.8) is 0 Å². The first-order valence-electron chi connectivity index (χ1n) is 11.9. The van der Waals surface area contributed by atoms with Crippen LogP contribution in [0.4, 0.5) is 0 Å². The number of nitrogens with one attached hydrogen (secondary N) is 1. The lowest BCUT2D eigenvalue weighted by atomic mass is 9.47. The quantitative estimate of drug-likeness (QED) is 0.405. The van der Waals surface area contributed by atoms with Crippen LogP contribution in [0.5, 0.6) is 0 Å².